The van der Waals surface area contributed by atoms with Crippen molar-refractivity contribution in [2.75, 3.05) is 5.32 Å². The molecule has 0 unspecified atom stereocenters. The number of hydrogen-bond acceptors (Lipinski definition) is 3. The summed E-state index contributed by atoms with van der Waals surface area (Å²) < 4.78 is 0. The van der Waals surface area contributed by atoms with Crippen LogP contribution in [0.3, 0.4) is 0 Å². The first-order valence-corrected chi connectivity index (χ1v) is 5.87. The second kappa shape index (κ2) is 4.52. The molecular formula is C13H17N3. The van der Waals surface area contributed by atoms with Crippen molar-refractivity contribution in [3.05, 3.63) is 24.0 Å². The summed E-state index contributed by atoms with van der Waals surface area (Å²) in [5.41, 5.74) is 1.50. The number of aromatic nitrogens is 1. The Labute approximate surface area is 96.5 Å². The Morgan fingerprint density at radius 1 is 1.38 bits per heavy atom. The summed E-state index contributed by atoms with van der Waals surface area (Å²) in [6.45, 7) is 2.24. The molecule has 0 spiro atoms. The van der Waals surface area contributed by atoms with Crippen molar-refractivity contribution in [2.45, 2.75) is 44.6 Å². The Hall–Kier alpha value is -1.56. The molecule has 1 N–H and O–H groups in total. The molecule has 16 heavy (non-hydrogen) atoms. The molecule has 2 rings (SSSR count). The Bertz CT molecular complexity index is 400. The van der Waals surface area contributed by atoms with Crippen molar-refractivity contribution < 1.29 is 0 Å². The lowest BCUT2D eigenvalue weighted by Gasteiger charge is -2.35. The van der Waals surface area contributed by atoms with E-state index in [0.29, 0.717) is 5.69 Å². The molecule has 1 aliphatic rings. The number of nitriles is 1. The third-order valence-electron chi connectivity index (χ3n) is 3.31. The maximum absolute atomic E-state index is 8.98. The van der Waals surface area contributed by atoms with Gasteiger partial charge in [0.2, 0.25) is 0 Å². The summed E-state index contributed by atoms with van der Waals surface area (Å²) in [4.78, 5) is 4.07. The highest BCUT2D eigenvalue weighted by molar-refractivity contribution is 5.54. The summed E-state index contributed by atoms with van der Waals surface area (Å²) in [6.07, 6.45) is 7.87. The van der Waals surface area contributed by atoms with Crippen LogP contribution in [0.25, 0.3) is 0 Å². The molecule has 84 valence electrons. The van der Waals surface area contributed by atoms with Crippen LogP contribution in [0.1, 0.15) is 44.7 Å². The van der Waals surface area contributed by atoms with Crippen molar-refractivity contribution in [1.82, 2.24) is 4.98 Å². The quantitative estimate of drug-likeness (QED) is 0.824. The standard InChI is InChI=1S/C13H17N3/c1-13(7-3-2-4-8-13)16-11-6-5-9-15-12(11)10-14/h5-6,9,16H,2-4,7-8H2,1H3. The number of hydrogen-bond donors (Lipinski definition) is 1. The van der Waals surface area contributed by atoms with Crippen molar-refractivity contribution >= 4 is 5.69 Å². The van der Waals surface area contributed by atoms with Gasteiger partial charge in [-0.25, -0.2) is 4.98 Å². The Morgan fingerprint density at radius 2 is 2.12 bits per heavy atom. The van der Waals surface area contributed by atoms with E-state index in [9.17, 15) is 0 Å². The van der Waals surface area contributed by atoms with Gasteiger partial charge in [-0.1, -0.05) is 19.3 Å². The molecule has 1 aromatic rings. The molecule has 3 heteroatoms. The van der Waals surface area contributed by atoms with Crippen molar-refractivity contribution in [1.29, 1.82) is 5.26 Å². The Balaban J connectivity index is 2.16. The van der Waals surface area contributed by atoms with E-state index in [1.54, 1.807) is 6.20 Å². The van der Waals surface area contributed by atoms with Crippen LogP contribution in [-0.2, 0) is 0 Å². The number of pyridine rings is 1. The topological polar surface area (TPSA) is 48.7 Å². The molecule has 1 heterocycles. The fourth-order valence-corrected chi connectivity index (χ4v) is 2.38. The molecule has 1 aromatic heterocycles. The normalized spacial score (nSPS) is 18.8. The Morgan fingerprint density at radius 3 is 2.81 bits per heavy atom. The molecule has 0 saturated heterocycles. The predicted molar refractivity (Wildman–Crippen MR) is 64.1 cm³/mol. The van der Waals surface area contributed by atoms with Crippen LogP contribution in [0.2, 0.25) is 0 Å². The van der Waals surface area contributed by atoms with Gasteiger partial charge in [-0.2, -0.15) is 5.26 Å². The summed E-state index contributed by atoms with van der Waals surface area (Å²) in [7, 11) is 0. The summed E-state index contributed by atoms with van der Waals surface area (Å²) in [5.74, 6) is 0. The Kier molecular flexibility index (Phi) is 3.09. The van der Waals surface area contributed by atoms with Crippen LogP contribution in [0.15, 0.2) is 18.3 Å². The minimum absolute atomic E-state index is 0.132. The maximum Gasteiger partial charge on any atom is 0.163 e. The molecule has 0 bridgehead atoms. The summed E-state index contributed by atoms with van der Waals surface area (Å²) in [6, 6.07) is 5.94. The molecule has 0 atom stereocenters. The molecule has 1 saturated carbocycles. The lowest BCUT2D eigenvalue weighted by atomic mass is 9.83. The van der Waals surface area contributed by atoms with Gasteiger partial charge in [0.1, 0.15) is 6.07 Å². The average molecular weight is 215 g/mol. The lowest BCUT2D eigenvalue weighted by Crippen LogP contribution is -2.37. The second-order valence-electron chi connectivity index (χ2n) is 4.76. The van der Waals surface area contributed by atoms with Crippen molar-refractivity contribution in [3.8, 4) is 6.07 Å². The van der Waals surface area contributed by atoms with E-state index in [4.69, 9.17) is 5.26 Å². The van der Waals surface area contributed by atoms with Gasteiger partial charge in [0.25, 0.3) is 0 Å². The van der Waals surface area contributed by atoms with E-state index in [1.165, 1.54) is 32.1 Å². The van der Waals surface area contributed by atoms with Gasteiger partial charge in [0.05, 0.1) is 5.69 Å². The minimum Gasteiger partial charge on any atom is -0.378 e. The highest BCUT2D eigenvalue weighted by Gasteiger charge is 2.27. The fourth-order valence-electron chi connectivity index (χ4n) is 2.38. The van der Waals surface area contributed by atoms with Crippen LogP contribution in [0.4, 0.5) is 5.69 Å². The van der Waals surface area contributed by atoms with E-state index in [0.717, 1.165) is 5.69 Å². The van der Waals surface area contributed by atoms with E-state index < -0.39 is 0 Å². The van der Waals surface area contributed by atoms with Crippen LogP contribution in [0, 0.1) is 11.3 Å². The molecule has 0 aliphatic heterocycles. The smallest absolute Gasteiger partial charge is 0.163 e. The van der Waals surface area contributed by atoms with E-state index in [2.05, 4.69) is 23.3 Å². The average Bonchev–Trinajstić information content (AvgIpc) is 2.30. The third kappa shape index (κ3) is 2.33. The lowest BCUT2D eigenvalue weighted by molar-refractivity contribution is 0.349. The zero-order valence-corrected chi connectivity index (χ0v) is 9.66. The highest BCUT2D eigenvalue weighted by Crippen LogP contribution is 2.31. The van der Waals surface area contributed by atoms with Gasteiger partial charge in [0, 0.05) is 11.7 Å². The molecule has 3 nitrogen and oxygen atoms in total. The SMILES string of the molecule is CC1(Nc2cccnc2C#N)CCCCC1. The monoisotopic (exact) mass is 215 g/mol. The van der Waals surface area contributed by atoms with Gasteiger partial charge in [-0.3, -0.25) is 0 Å². The second-order valence-corrected chi connectivity index (χ2v) is 4.76. The molecule has 1 aliphatic carbocycles. The zero-order chi connectivity index (χ0) is 11.4. The number of rotatable bonds is 2. The van der Waals surface area contributed by atoms with E-state index >= 15 is 0 Å². The van der Waals surface area contributed by atoms with Crippen LogP contribution < -0.4 is 5.32 Å². The molecular weight excluding hydrogens is 198 g/mol. The zero-order valence-electron chi connectivity index (χ0n) is 9.66. The van der Waals surface area contributed by atoms with Crippen LogP contribution >= 0.6 is 0 Å². The van der Waals surface area contributed by atoms with Crippen molar-refractivity contribution in [3.63, 3.8) is 0 Å². The number of nitrogens with one attached hydrogen (secondary N) is 1. The van der Waals surface area contributed by atoms with Gasteiger partial charge in [0.15, 0.2) is 5.69 Å². The van der Waals surface area contributed by atoms with Gasteiger partial charge >= 0.3 is 0 Å². The first kappa shape index (κ1) is 10.9. The number of nitrogens with zero attached hydrogens (tertiary/aromatic N) is 2. The van der Waals surface area contributed by atoms with Gasteiger partial charge in [-0.15, -0.1) is 0 Å². The predicted octanol–water partition coefficient (Wildman–Crippen LogP) is 3.09. The van der Waals surface area contributed by atoms with Crippen LogP contribution in [0.5, 0.6) is 0 Å². The van der Waals surface area contributed by atoms with Crippen LogP contribution in [-0.4, -0.2) is 10.5 Å². The van der Waals surface area contributed by atoms with E-state index in [-0.39, 0.29) is 5.54 Å². The number of anilines is 1. The summed E-state index contributed by atoms with van der Waals surface area (Å²) in [5, 5.41) is 12.5. The molecule has 0 aromatic carbocycles. The summed E-state index contributed by atoms with van der Waals surface area (Å²) >= 11 is 0. The first-order valence-electron chi connectivity index (χ1n) is 5.87. The van der Waals surface area contributed by atoms with E-state index in [1.807, 2.05) is 12.1 Å². The van der Waals surface area contributed by atoms with Crippen molar-refractivity contribution in [2.24, 2.45) is 0 Å². The molecule has 1 fully saturated rings. The maximum atomic E-state index is 8.98. The fraction of sp³-hybridized carbons (Fsp3) is 0.538. The molecule has 0 amide bonds. The third-order valence-corrected chi connectivity index (χ3v) is 3.31. The minimum atomic E-state index is 0.132. The largest absolute Gasteiger partial charge is 0.378 e. The first-order chi connectivity index (χ1) is 7.73. The molecule has 0 radical (unpaired) electrons. The van der Waals surface area contributed by atoms with Gasteiger partial charge in [-0.05, 0) is 31.9 Å². The highest BCUT2D eigenvalue weighted by atomic mass is 15.0. The van der Waals surface area contributed by atoms with Gasteiger partial charge < -0.3 is 5.32 Å².